The number of amides is 1. The lowest BCUT2D eigenvalue weighted by Crippen LogP contribution is -2.28. The van der Waals surface area contributed by atoms with Gasteiger partial charge in [0.1, 0.15) is 0 Å². The van der Waals surface area contributed by atoms with Crippen LogP contribution < -0.4 is 5.32 Å². The first kappa shape index (κ1) is 17.6. The molecule has 0 radical (unpaired) electrons. The van der Waals surface area contributed by atoms with Crippen LogP contribution in [0.3, 0.4) is 0 Å². The summed E-state index contributed by atoms with van der Waals surface area (Å²) >= 11 is 0. The zero-order chi connectivity index (χ0) is 17.8. The van der Waals surface area contributed by atoms with Crippen LogP contribution >= 0.6 is 0 Å². The first-order valence-corrected chi connectivity index (χ1v) is 8.50. The quantitative estimate of drug-likeness (QED) is 0.836. The van der Waals surface area contributed by atoms with Gasteiger partial charge in [0.15, 0.2) is 0 Å². The number of fused-ring (bicyclic) bond motifs is 1. The van der Waals surface area contributed by atoms with E-state index in [1.165, 1.54) is 4.68 Å². The molecule has 2 heterocycles. The monoisotopic (exact) mass is 345 g/mol. The maximum absolute atomic E-state index is 12.8. The van der Waals surface area contributed by atoms with Crippen molar-refractivity contribution in [2.24, 2.45) is 5.92 Å². The molecule has 0 atom stereocenters. The van der Waals surface area contributed by atoms with E-state index in [0.717, 1.165) is 29.4 Å². The molecule has 7 nitrogen and oxygen atoms in total. The molecular weight excluding hydrogens is 322 g/mol. The number of rotatable bonds is 5. The molecule has 0 aliphatic carbocycles. The van der Waals surface area contributed by atoms with Crippen LogP contribution in [0.1, 0.15) is 33.7 Å². The summed E-state index contributed by atoms with van der Waals surface area (Å²) in [5.41, 5.74) is 2.02. The second kappa shape index (κ2) is 7.76. The smallest absolute Gasteiger partial charge is 0.251 e. The van der Waals surface area contributed by atoms with Gasteiger partial charge in [0, 0.05) is 43.7 Å². The van der Waals surface area contributed by atoms with E-state index in [9.17, 15) is 9.59 Å². The van der Waals surface area contributed by atoms with Gasteiger partial charge in [-0.3, -0.25) is 9.59 Å². The number of methoxy groups -OCH3 is 1. The molecule has 1 aliphatic heterocycles. The fourth-order valence-electron chi connectivity index (χ4n) is 3.06. The molecule has 7 heteroatoms. The van der Waals surface area contributed by atoms with Crippen LogP contribution in [0, 0.1) is 12.8 Å². The minimum absolute atomic E-state index is 0.00121. The standard InChI is InChI=1S/C18H23N3O4/c1-12-15-11-14(17(22)19-7-10-24-2)3-4-16(15)21(20-12)18(23)13-5-8-25-9-6-13/h3-4,11,13H,5-10H2,1-2H3,(H,19,22). The highest BCUT2D eigenvalue weighted by Crippen LogP contribution is 2.23. The van der Waals surface area contributed by atoms with E-state index in [2.05, 4.69) is 10.4 Å². The summed E-state index contributed by atoms with van der Waals surface area (Å²) in [5.74, 6) is -0.228. The highest BCUT2D eigenvalue weighted by molar-refractivity contribution is 6.00. The van der Waals surface area contributed by atoms with Crippen LogP contribution in [0.15, 0.2) is 18.2 Å². The summed E-state index contributed by atoms with van der Waals surface area (Å²) in [7, 11) is 1.59. The number of ether oxygens (including phenoxy) is 2. The van der Waals surface area contributed by atoms with Crippen molar-refractivity contribution in [3.63, 3.8) is 0 Å². The number of hydrogen-bond donors (Lipinski definition) is 1. The maximum Gasteiger partial charge on any atom is 0.251 e. The summed E-state index contributed by atoms with van der Waals surface area (Å²) in [6.07, 6.45) is 1.44. The molecule has 134 valence electrons. The van der Waals surface area contributed by atoms with Crippen molar-refractivity contribution < 1.29 is 19.1 Å². The van der Waals surface area contributed by atoms with Gasteiger partial charge in [-0.2, -0.15) is 9.78 Å². The third-order valence-corrected chi connectivity index (χ3v) is 4.50. The Kier molecular flexibility index (Phi) is 5.45. The molecule has 1 aromatic heterocycles. The van der Waals surface area contributed by atoms with Gasteiger partial charge in [-0.25, -0.2) is 0 Å². The Morgan fingerprint density at radius 3 is 2.84 bits per heavy atom. The second-order valence-electron chi connectivity index (χ2n) is 6.20. The molecule has 1 amide bonds. The summed E-state index contributed by atoms with van der Waals surface area (Å²) in [4.78, 5) is 25.0. The highest BCUT2D eigenvalue weighted by atomic mass is 16.5. The van der Waals surface area contributed by atoms with E-state index in [4.69, 9.17) is 9.47 Å². The molecule has 1 aromatic carbocycles. The number of aromatic nitrogens is 2. The Morgan fingerprint density at radius 1 is 1.36 bits per heavy atom. The van der Waals surface area contributed by atoms with Crippen LogP contribution in [-0.4, -0.2) is 55.1 Å². The summed E-state index contributed by atoms with van der Waals surface area (Å²) in [5, 5.41) is 8.03. The average molecular weight is 345 g/mol. The van der Waals surface area contributed by atoms with E-state index >= 15 is 0 Å². The summed E-state index contributed by atoms with van der Waals surface area (Å²) < 4.78 is 11.7. The topological polar surface area (TPSA) is 82.5 Å². The largest absolute Gasteiger partial charge is 0.383 e. The number of hydrogen-bond acceptors (Lipinski definition) is 5. The molecule has 25 heavy (non-hydrogen) atoms. The van der Waals surface area contributed by atoms with Crippen molar-refractivity contribution in [3.8, 4) is 0 Å². The Bertz CT molecular complexity index is 778. The minimum Gasteiger partial charge on any atom is -0.383 e. The molecule has 0 unspecified atom stereocenters. The van der Waals surface area contributed by atoms with Crippen molar-refractivity contribution >= 4 is 22.7 Å². The van der Waals surface area contributed by atoms with E-state index in [1.54, 1.807) is 25.3 Å². The van der Waals surface area contributed by atoms with Crippen LogP contribution in [0.25, 0.3) is 10.9 Å². The van der Waals surface area contributed by atoms with Gasteiger partial charge in [0.25, 0.3) is 11.8 Å². The lowest BCUT2D eigenvalue weighted by Gasteiger charge is -2.20. The summed E-state index contributed by atoms with van der Waals surface area (Å²) in [6.45, 7) is 3.99. The number of carbonyl (C=O) groups excluding carboxylic acids is 2. The third-order valence-electron chi connectivity index (χ3n) is 4.50. The number of nitrogens with one attached hydrogen (secondary N) is 1. The van der Waals surface area contributed by atoms with Gasteiger partial charge >= 0.3 is 0 Å². The van der Waals surface area contributed by atoms with Gasteiger partial charge < -0.3 is 14.8 Å². The zero-order valence-corrected chi connectivity index (χ0v) is 14.6. The Morgan fingerprint density at radius 2 is 2.12 bits per heavy atom. The van der Waals surface area contributed by atoms with Crippen LogP contribution in [0.4, 0.5) is 0 Å². The van der Waals surface area contributed by atoms with Gasteiger partial charge in [-0.1, -0.05) is 0 Å². The molecule has 3 rings (SSSR count). The Balaban J connectivity index is 1.85. The second-order valence-corrected chi connectivity index (χ2v) is 6.20. The fraction of sp³-hybridized carbons (Fsp3) is 0.500. The predicted octanol–water partition coefficient (Wildman–Crippen LogP) is 1.79. The van der Waals surface area contributed by atoms with Crippen LogP contribution in [-0.2, 0) is 9.47 Å². The highest BCUT2D eigenvalue weighted by Gasteiger charge is 2.25. The number of nitrogens with zero attached hydrogens (tertiary/aromatic N) is 2. The lowest BCUT2D eigenvalue weighted by molar-refractivity contribution is 0.0479. The van der Waals surface area contributed by atoms with Gasteiger partial charge in [0.2, 0.25) is 0 Å². The lowest BCUT2D eigenvalue weighted by atomic mass is 9.99. The molecule has 1 aliphatic rings. The predicted molar refractivity (Wildman–Crippen MR) is 92.8 cm³/mol. The van der Waals surface area contributed by atoms with Gasteiger partial charge in [-0.05, 0) is 38.0 Å². The van der Waals surface area contributed by atoms with Crippen molar-refractivity contribution in [2.75, 3.05) is 33.5 Å². The van der Waals surface area contributed by atoms with E-state index in [-0.39, 0.29) is 17.7 Å². The Hall–Kier alpha value is -2.25. The molecule has 0 bridgehead atoms. The SMILES string of the molecule is COCCNC(=O)c1ccc2c(c1)c(C)nn2C(=O)C1CCOCC1. The molecule has 1 fully saturated rings. The third kappa shape index (κ3) is 3.72. The molecule has 2 aromatic rings. The zero-order valence-electron chi connectivity index (χ0n) is 14.6. The van der Waals surface area contributed by atoms with E-state index < -0.39 is 0 Å². The molecule has 0 spiro atoms. The van der Waals surface area contributed by atoms with Crippen molar-refractivity contribution in [3.05, 3.63) is 29.5 Å². The van der Waals surface area contributed by atoms with Crippen LogP contribution in [0.2, 0.25) is 0 Å². The van der Waals surface area contributed by atoms with E-state index in [1.807, 2.05) is 6.92 Å². The molecule has 1 saturated heterocycles. The van der Waals surface area contributed by atoms with E-state index in [0.29, 0.717) is 31.9 Å². The van der Waals surface area contributed by atoms with Crippen molar-refractivity contribution in [2.45, 2.75) is 19.8 Å². The fourth-order valence-corrected chi connectivity index (χ4v) is 3.06. The first-order valence-electron chi connectivity index (χ1n) is 8.50. The van der Waals surface area contributed by atoms with Crippen LogP contribution in [0.5, 0.6) is 0 Å². The molecular formula is C18H23N3O4. The number of carbonyl (C=O) groups is 2. The van der Waals surface area contributed by atoms with Crippen molar-refractivity contribution in [1.82, 2.24) is 15.1 Å². The van der Waals surface area contributed by atoms with Crippen molar-refractivity contribution in [1.29, 1.82) is 0 Å². The average Bonchev–Trinajstić information content (AvgIpc) is 2.98. The molecule has 0 saturated carbocycles. The normalized spacial score (nSPS) is 15.4. The first-order chi connectivity index (χ1) is 12.1. The number of benzene rings is 1. The minimum atomic E-state index is -0.165. The summed E-state index contributed by atoms with van der Waals surface area (Å²) in [6, 6.07) is 5.30. The van der Waals surface area contributed by atoms with Gasteiger partial charge in [0.05, 0.1) is 17.8 Å². The van der Waals surface area contributed by atoms with Gasteiger partial charge in [-0.15, -0.1) is 0 Å². The number of aryl methyl sites for hydroxylation is 1. The Labute approximate surface area is 146 Å². The molecule has 1 N–H and O–H groups in total. The maximum atomic E-state index is 12.8.